The van der Waals surface area contributed by atoms with Crippen molar-refractivity contribution in [2.45, 2.75) is 13.3 Å². The molecule has 0 fully saturated rings. The van der Waals surface area contributed by atoms with E-state index >= 15 is 0 Å². The average Bonchev–Trinajstić information content (AvgIpc) is 2.84. The molecule has 22 heavy (non-hydrogen) atoms. The average molecular weight is 290 g/mol. The van der Waals surface area contributed by atoms with Crippen molar-refractivity contribution in [1.29, 1.82) is 5.26 Å². The second kappa shape index (κ2) is 5.70. The number of rotatable bonds is 3. The number of H-pyrrole nitrogens is 1. The first-order valence-corrected chi connectivity index (χ1v) is 6.90. The Morgan fingerprint density at radius 3 is 2.64 bits per heavy atom. The van der Waals surface area contributed by atoms with Gasteiger partial charge in [-0.3, -0.25) is 9.89 Å². The normalized spacial score (nSPS) is 10.4. The van der Waals surface area contributed by atoms with E-state index in [0.717, 1.165) is 11.3 Å². The fraction of sp³-hybridized carbons (Fsp3) is 0.118. The lowest BCUT2D eigenvalue weighted by Crippen LogP contribution is -2.18. The molecule has 3 aromatic rings. The Labute approximate surface area is 127 Å². The molecule has 0 atom stereocenters. The molecule has 0 bridgehead atoms. The van der Waals surface area contributed by atoms with Crippen LogP contribution in [0.25, 0.3) is 5.82 Å². The van der Waals surface area contributed by atoms with Crippen molar-refractivity contribution in [3.05, 3.63) is 81.4 Å². The molecule has 1 aromatic carbocycles. The molecule has 0 amide bonds. The van der Waals surface area contributed by atoms with Gasteiger partial charge in [-0.15, -0.1) is 0 Å². The van der Waals surface area contributed by atoms with Gasteiger partial charge in [-0.1, -0.05) is 18.2 Å². The Morgan fingerprint density at radius 1 is 1.23 bits per heavy atom. The third kappa shape index (κ3) is 2.54. The molecule has 0 aliphatic rings. The lowest BCUT2D eigenvalue weighted by molar-refractivity contribution is 0.806. The molecule has 108 valence electrons. The van der Waals surface area contributed by atoms with Crippen LogP contribution in [-0.2, 0) is 6.42 Å². The van der Waals surface area contributed by atoms with Gasteiger partial charge in [0, 0.05) is 23.9 Å². The zero-order valence-electron chi connectivity index (χ0n) is 12.1. The third-order valence-corrected chi connectivity index (χ3v) is 3.54. The van der Waals surface area contributed by atoms with Gasteiger partial charge < -0.3 is 0 Å². The fourth-order valence-electron chi connectivity index (χ4n) is 2.34. The molecule has 3 rings (SSSR count). The number of nitriles is 1. The van der Waals surface area contributed by atoms with Crippen molar-refractivity contribution in [1.82, 2.24) is 14.8 Å². The highest BCUT2D eigenvalue weighted by molar-refractivity contribution is 5.35. The molecule has 2 heterocycles. The van der Waals surface area contributed by atoms with Gasteiger partial charge in [0.05, 0.1) is 11.6 Å². The second-order valence-electron chi connectivity index (χ2n) is 5.03. The summed E-state index contributed by atoms with van der Waals surface area (Å²) in [6, 6.07) is 14.8. The van der Waals surface area contributed by atoms with E-state index in [9.17, 15) is 4.79 Å². The molecular formula is C17H14N4O. The maximum Gasteiger partial charge on any atom is 0.276 e. The van der Waals surface area contributed by atoms with Gasteiger partial charge in [0.1, 0.15) is 0 Å². The molecule has 0 aliphatic heterocycles. The molecule has 0 spiro atoms. The lowest BCUT2D eigenvalue weighted by Gasteiger charge is -1.99. The fourth-order valence-corrected chi connectivity index (χ4v) is 2.34. The first-order chi connectivity index (χ1) is 10.7. The highest BCUT2D eigenvalue weighted by Gasteiger charge is 2.13. The van der Waals surface area contributed by atoms with Gasteiger partial charge >= 0.3 is 0 Å². The van der Waals surface area contributed by atoms with Crippen LogP contribution >= 0.6 is 0 Å². The zero-order valence-corrected chi connectivity index (χ0v) is 12.1. The zero-order chi connectivity index (χ0) is 15.5. The minimum absolute atomic E-state index is 0.0967. The molecule has 0 aliphatic carbocycles. The Morgan fingerprint density at radius 2 is 2.00 bits per heavy atom. The van der Waals surface area contributed by atoms with Crippen LogP contribution in [0.2, 0.25) is 0 Å². The van der Waals surface area contributed by atoms with Crippen LogP contribution in [0, 0.1) is 18.3 Å². The van der Waals surface area contributed by atoms with E-state index in [-0.39, 0.29) is 5.56 Å². The summed E-state index contributed by atoms with van der Waals surface area (Å²) in [6.45, 7) is 1.87. The minimum Gasteiger partial charge on any atom is -0.294 e. The lowest BCUT2D eigenvalue weighted by atomic mass is 10.0. The summed E-state index contributed by atoms with van der Waals surface area (Å²) in [6.07, 6.45) is 2.17. The van der Waals surface area contributed by atoms with Crippen molar-refractivity contribution in [2.24, 2.45) is 0 Å². The van der Waals surface area contributed by atoms with E-state index in [1.165, 1.54) is 4.68 Å². The van der Waals surface area contributed by atoms with Crippen molar-refractivity contribution in [2.75, 3.05) is 0 Å². The van der Waals surface area contributed by atoms with E-state index in [4.69, 9.17) is 5.26 Å². The van der Waals surface area contributed by atoms with Gasteiger partial charge in [-0.25, -0.2) is 9.67 Å². The first-order valence-electron chi connectivity index (χ1n) is 6.90. The van der Waals surface area contributed by atoms with Gasteiger partial charge in [0.15, 0.2) is 5.82 Å². The Kier molecular flexibility index (Phi) is 3.58. The summed E-state index contributed by atoms with van der Waals surface area (Å²) in [5.74, 6) is 0.571. The van der Waals surface area contributed by atoms with Crippen LogP contribution in [-0.4, -0.2) is 14.8 Å². The second-order valence-corrected chi connectivity index (χ2v) is 5.03. The molecular weight excluding hydrogens is 276 g/mol. The van der Waals surface area contributed by atoms with Crippen molar-refractivity contribution < 1.29 is 0 Å². The van der Waals surface area contributed by atoms with Crippen LogP contribution in [0.3, 0.4) is 0 Å². The topological polar surface area (TPSA) is 74.5 Å². The predicted octanol–water partition coefficient (Wildman–Crippen LogP) is 2.33. The quantitative estimate of drug-likeness (QED) is 0.804. The van der Waals surface area contributed by atoms with Crippen LogP contribution in [0.4, 0.5) is 0 Å². The highest BCUT2D eigenvalue weighted by atomic mass is 16.1. The summed E-state index contributed by atoms with van der Waals surface area (Å²) in [4.78, 5) is 16.7. The van der Waals surface area contributed by atoms with Crippen molar-refractivity contribution in [3.8, 4) is 11.9 Å². The number of nitrogens with one attached hydrogen (secondary N) is 1. The number of nitrogens with zero attached hydrogens (tertiary/aromatic N) is 3. The summed E-state index contributed by atoms with van der Waals surface area (Å²) in [7, 11) is 0. The third-order valence-electron chi connectivity index (χ3n) is 3.54. The summed E-state index contributed by atoms with van der Waals surface area (Å²) in [5, 5.41) is 11.9. The Hall–Kier alpha value is -3.13. The van der Waals surface area contributed by atoms with Gasteiger partial charge in [-0.2, -0.15) is 5.26 Å². The highest BCUT2D eigenvalue weighted by Crippen LogP contribution is 2.11. The Bertz CT molecular complexity index is 883. The molecule has 0 saturated carbocycles. The molecule has 2 aromatic heterocycles. The molecule has 5 heteroatoms. The van der Waals surface area contributed by atoms with Gasteiger partial charge in [0.2, 0.25) is 0 Å². The monoisotopic (exact) mass is 290 g/mol. The van der Waals surface area contributed by atoms with E-state index < -0.39 is 0 Å². The van der Waals surface area contributed by atoms with Crippen LogP contribution < -0.4 is 5.56 Å². The van der Waals surface area contributed by atoms with E-state index in [1.54, 1.807) is 24.4 Å². The number of hydrogen-bond donors (Lipinski definition) is 1. The largest absolute Gasteiger partial charge is 0.294 e. The van der Waals surface area contributed by atoms with Crippen molar-refractivity contribution in [3.63, 3.8) is 0 Å². The number of hydrogen-bond acceptors (Lipinski definition) is 3. The number of benzene rings is 1. The molecule has 0 saturated heterocycles. The standard InChI is InChI=1S/C17H14N4O/c1-12-15(10-13-5-7-14(11-18)8-6-13)17(22)21(20-12)16-4-2-3-9-19-16/h2-9,20H,10H2,1H3. The number of aryl methyl sites for hydroxylation is 1. The van der Waals surface area contributed by atoms with Crippen LogP contribution in [0.1, 0.15) is 22.4 Å². The minimum atomic E-state index is -0.0967. The molecule has 1 N–H and O–H groups in total. The summed E-state index contributed by atoms with van der Waals surface area (Å²) in [5.41, 5.74) is 3.03. The van der Waals surface area contributed by atoms with E-state index in [2.05, 4.69) is 16.2 Å². The SMILES string of the molecule is Cc1[nH]n(-c2ccccn2)c(=O)c1Cc1ccc(C#N)cc1. The summed E-state index contributed by atoms with van der Waals surface area (Å²) < 4.78 is 1.45. The Balaban J connectivity index is 1.97. The molecule has 0 radical (unpaired) electrons. The molecule has 5 nitrogen and oxygen atoms in total. The van der Waals surface area contributed by atoms with Crippen LogP contribution in [0.15, 0.2) is 53.5 Å². The van der Waals surface area contributed by atoms with E-state index in [0.29, 0.717) is 23.4 Å². The number of aromatic nitrogens is 3. The smallest absolute Gasteiger partial charge is 0.276 e. The maximum atomic E-state index is 12.6. The number of aromatic amines is 1. The van der Waals surface area contributed by atoms with Gasteiger partial charge in [0.25, 0.3) is 5.56 Å². The number of pyridine rings is 1. The maximum absolute atomic E-state index is 12.6. The van der Waals surface area contributed by atoms with Gasteiger partial charge in [-0.05, 0) is 36.8 Å². The first kappa shape index (κ1) is 13.8. The van der Waals surface area contributed by atoms with Crippen molar-refractivity contribution >= 4 is 0 Å². The van der Waals surface area contributed by atoms with Crippen LogP contribution in [0.5, 0.6) is 0 Å². The summed E-state index contributed by atoms with van der Waals surface area (Å²) >= 11 is 0. The van der Waals surface area contributed by atoms with E-state index in [1.807, 2.05) is 31.2 Å². The molecule has 0 unspecified atom stereocenters. The predicted molar refractivity (Wildman–Crippen MR) is 82.9 cm³/mol.